The van der Waals surface area contributed by atoms with Crippen LogP contribution in [0.15, 0.2) is 72.9 Å². The number of halogens is 2. The second-order valence-corrected chi connectivity index (χ2v) is 6.41. The molecule has 5 heteroatoms. The Labute approximate surface area is 156 Å². The Bertz CT molecular complexity index is 851. The number of benzene rings is 2. The summed E-state index contributed by atoms with van der Waals surface area (Å²) < 4.78 is 13.3. The van der Waals surface area contributed by atoms with Gasteiger partial charge in [-0.15, -0.1) is 0 Å². The number of carbonyl (C=O) groups excluding carboxylic acids is 1. The van der Waals surface area contributed by atoms with Crippen molar-refractivity contribution in [2.45, 2.75) is 18.9 Å². The topological polar surface area (TPSA) is 42.0 Å². The summed E-state index contributed by atoms with van der Waals surface area (Å²) in [6.07, 6.45) is 2.14. The molecule has 26 heavy (non-hydrogen) atoms. The Hall–Kier alpha value is -2.72. The van der Waals surface area contributed by atoms with Crippen molar-refractivity contribution in [3.8, 4) is 0 Å². The third-order valence-electron chi connectivity index (χ3n) is 4.11. The highest BCUT2D eigenvalue weighted by molar-refractivity contribution is 6.30. The van der Waals surface area contributed by atoms with E-state index in [4.69, 9.17) is 11.6 Å². The van der Waals surface area contributed by atoms with Crippen LogP contribution in [0.3, 0.4) is 0 Å². The molecular weight excluding hydrogens is 351 g/mol. The zero-order valence-corrected chi connectivity index (χ0v) is 14.8. The molecule has 1 unspecified atom stereocenters. The van der Waals surface area contributed by atoms with Gasteiger partial charge in [-0.25, -0.2) is 4.39 Å². The second-order valence-electron chi connectivity index (χ2n) is 5.97. The van der Waals surface area contributed by atoms with E-state index in [9.17, 15) is 9.18 Å². The zero-order chi connectivity index (χ0) is 18.4. The monoisotopic (exact) mass is 368 g/mol. The number of nitrogens with one attached hydrogen (secondary N) is 1. The molecule has 132 valence electrons. The summed E-state index contributed by atoms with van der Waals surface area (Å²) in [5.74, 6) is -0.901. The van der Waals surface area contributed by atoms with E-state index in [0.29, 0.717) is 18.0 Å². The molecule has 0 aliphatic carbocycles. The van der Waals surface area contributed by atoms with E-state index in [-0.39, 0.29) is 11.7 Å². The van der Waals surface area contributed by atoms with E-state index in [1.165, 1.54) is 12.1 Å². The van der Waals surface area contributed by atoms with Gasteiger partial charge in [0.2, 0.25) is 5.91 Å². The molecule has 0 spiro atoms. The van der Waals surface area contributed by atoms with Crippen LogP contribution in [0.25, 0.3) is 0 Å². The van der Waals surface area contributed by atoms with E-state index in [1.807, 2.05) is 30.3 Å². The molecule has 3 rings (SSSR count). The molecule has 3 aromatic rings. The second kappa shape index (κ2) is 8.59. The van der Waals surface area contributed by atoms with Crippen LogP contribution < -0.4 is 5.32 Å². The average Bonchev–Trinajstić information content (AvgIpc) is 2.67. The molecule has 1 aromatic heterocycles. The van der Waals surface area contributed by atoms with Crippen molar-refractivity contribution in [2.24, 2.45) is 0 Å². The number of nitrogens with zero attached hydrogens (tertiary/aromatic N) is 1. The largest absolute Gasteiger partial charge is 0.351 e. The van der Waals surface area contributed by atoms with Crippen LogP contribution >= 0.6 is 11.6 Å². The van der Waals surface area contributed by atoms with Gasteiger partial charge in [-0.1, -0.05) is 41.9 Å². The lowest BCUT2D eigenvalue weighted by Crippen LogP contribution is -2.30. The summed E-state index contributed by atoms with van der Waals surface area (Å²) in [5, 5.41) is 3.60. The number of rotatable bonds is 6. The van der Waals surface area contributed by atoms with Gasteiger partial charge in [0.25, 0.3) is 0 Å². The normalized spacial score (nSPS) is 11.8. The summed E-state index contributed by atoms with van der Waals surface area (Å²) in [6.45, 7) is 0.399. The third kappa shape index (κ3) is 4.90. The average molecular weight is 369 g/mol. The van der Waals surface area contributed by atoms with Crippen LogP contribution in [0, 0.1) is 5.82 Å². The van der Waals surface area contributed by atoms with Crippen LogP contribution in [-0.4, -0.2) is 10.9 Å². The summed E-state index contributed by atoms with van der Waals surface area (Å²) in [5.41, 5.74) is 2.52. The van der Waals surface area contributed by atoms with Crippen molar-refractivity contribution in [1.82, 2.24) is 10.3 Å². The van der Waals surface area contributed by atoms with Gasteiger partial charge in [0.15, 0.2) is 0 Å². The standard InChI is InChI=1S/C21H18ClFN2O/c22-17-8-4-15(5-9-17)14-25-21(26)20(13-19-3-1-2-12-24-19)16-6-10-18(23)11-7-16/h1-12,20H,13-14H2,(H,25,26). The van der Waals surface area contributed by atoms with Gasteiger partial charge in [0.1, 0.15) is 5.82 Å². The maximum atomic E-state index is 13.3. The molecule has 0 aliphatic rings. The lowest BCUT2D eigenvalue weighted by molar-refractivity contribution is -0.122. The minimum Gasteiger partial charge on any atom is -0.351 e. The fourth-order valence-electron chi connectivity index (χ4n) is 2.70. The first kappa shape index (κ1) is 18.1. The molecule has 0 radical (unpaired) electrons. The number of hydrogen-bond donors (Lipinski definition) is 1. The smallest absolute Gasteiger partial charge is 0.228 e. The number of amides is 1. The third-order valence-corrected chi connectivity index (χ3v) is 4.36. The van der Waals surface area contributed by atoms with Crippen molar-refractivity contribution < 1.29 is 9.18 Å². The van der Waals surface area contributed by atoms with Gasteiger partial charge in [-0.3, -0.25) is 9.78 Å². The molecule has 1 N–H and O–H groups in total. The quantitative estimate of drug-likeness (QED) is 0.695. The Kier molecular flexibility index (Phi) is 5.97. The van der Waals surface area contributed by atoms with E-state index in [2.05, 4.69) is 10.3 Å². The number of aromatic nitrogens is 1. The van der Waals surface area contributed by atoms with Crippen LogP contribution in [0.5, 0.6) is 0 Å². The van der Waals surface area contributed by atoms with Gasteiger partial charge in [0, 0.05) is 29.9 Å². The van der Waals surface area contributed by atoms with Crippen LogP contribution in [-0.2, 0) is 17.8 Å². The Morgan fingerprint density at radius 1 is 1.04 bits per heavy atom. The predicted octanol–water partition coefficient (Wildman–Crippen LogP) is 4.52. The maximum absolute atomic E-state index is 13.3. The molecule has 1 amide bonds. The molecule has 3 nitrogen and oxygen atoms in total. The summed E-state index contributed by atoms with van der Waals surface area (Å²) >= 11 is 5.88. The van der Waals surface area contributed by atoms with E-state index < -0.39 is 5.92 Å². The minimum atomic E-state index is -0.446. The van der Waals surface area contributed by atoms with Crippen molar-refractivity contribution in [3.05, 3.63) is 101 Å². The highest BCUT2D eigenvalue weighted by Gasteiger charge is 2.21. The van der Waals surface area contributed by atoms with Gasteiger partial charge < -0.3 is 5.32 Å². The fraction of sp³-hybridized carbons (Fsp3) is 0.143. The molecule has 0 fully saturated rings. The number of pyridine rings is 1. The predicted molar refractivity (Wildman–Crippen MR) is 100 cm³/mol. The molecule has 0 aliphatic heterocycles. The number of hydrogen-bond acceptors (Lipinski definition) is 2. The highest BCUT2D eigenvalue weighted by atomic mass is 35.5. The molecular formula is C21H18ClFN2O. The van der Waals surface area contributed by atoms with E-state index in [0.717, 1.165) is 16.8 Å². The van der Waals surface area contributed by atoms with Crippen LogP contribution in [0.1, 0.15) is 22.7 Å². The van der Waals surface area contributed by atoms with E-state index in [1.54, 1.807) is 30.5 Å². The maximum Gasteiger partial charge on any atom is 0.228 e. The molecule has 1 atom stereocenters. The number of carbonyl (C=O) groups is 1. The minimum absolute atomic E-state index is 0.128. The summed E-state index contributed by atoms with van der Waals surface area (Å²) in [4.78, 5) is 17.1. The highest BCUT2D eigenvalue weighted by Crippen LogP contribution is 2.21. The molecule has 0 bridgehead atoms. The first-order valence-corrected chi connectivity index (χ1v) is 8.67. The SMILES string of the molecule is O=C(NCc1ccc(Cl)cc1)C(Cc1ccccn1)c1ccc(F)cc1. The van der Waals surface area contributed by atoms with Crippen LogP contribution in [0.4, 0.5) is 4.39 Å². The van der Waals surface area contributed by atoms with Crippen molar-refractivity contribution in [3.63, 3.8) is 0 Å². The van der Waals surface area contributed by atoms with Gasteiger partial charge in [0.05, 0.1) is 5.92 Å². The Morgan fingerprint density at radius 2 is 1.77 bits per heavy atom. The zero-order valence-electron chi connectivity index (χ0n) is 14.0. The van der Waals surface area contributed by atoms with Crippen LogP contribution in [0.2, 0.25) is 5.02 Å². The lowest BCUT2D eigenvalue weighted by atomic mass is 9.93. The molecule has 2 aromatic carbocycles. The molecule has 0 saturated carbocycles. The van der Waals surface area contributed by atoms with Crippen molar-refractivity contribution in [1.29, 1.82) is 0 Å². The van der Waals surface area contributed by atoms with Crippen molar-refractivity contribution in [2.75, 3.05) is 0 Å². The van der Waals surface area contributed by atoms with Gasteiger partial charge >= 0.3 is 0 Å². The lowest BCUT2D eigenvalue weighted by Gasteiger charge is -2.17. The fourth-order valence-corrected chi connectivity index (χ4v) is 2.83. The first-order chi connectivity index (χ1) is 12.6. The van der Waals surface area contributed by atoms with Gasteiger partial charge in [-0.2, -0.15) is 0 Å². The molecule has 1 heterocycles. The van der Waals surface area contributed by atoms with Gasteiger partial charge in [-0.05, 0) is 47.5 Å². The Balaban J connectivity index is 1.76. The summed E-state index contributed by atoms with van der Waals surface area (Å²) in [7, 11) is 0. The summed E-state index contributed by atoms with van der Waals surface area (Å²) in [6, 6.07) is 18.9. The first-order valence-electron chi connectivity index (χ1n) is 8.29. The van der Waals surface area contributed by atoms with Crippen molar-refractivity contribution >= 4 is 17.5 Å². The molecule has 0 saturated heterocycles. The Morgan fingerprint density at radius 3 is 2.42 bits per heavy atom. The van der Waals surface area contributed by atoms with E-state index >= 15 is 0 Å².